The Labute approximate surface area is 167 Å². The van der Waals surface area contributed by atoms with Crippen LogP contribution < -0.4 is 21.5 Å². The summed E-state index contributed by atoms with van der Waals surface area (Å²) >= 11 is 0. The van der Waals surface area contributed by atoms with E-state index in [1.807, 2.05) is 30.3 Å². The molecule has 9 heteroatoms. The molecule has 0 radical (unpaired) electrons. The van der Waals surface area contributed by atoms with Crippen molar-refractivity contribution in [3.8, 4) is 0 Å². The van der Waals surface area contributed by atoms with Crippen molar-refractivity contribution >= 4 is 29.3 Å². The lowest BCUT2D eigenvalue weighted by Crippen LogP contribution is -2.36. The zero-order chi connectivity index (χ0) is 20.5. The van der Waals surface area contributed by atoms with E-state index in [4.69, 9.17) is 0 Å². The third-order valence-electron chi connectivity index (χ3n) is 3.80. The van der Waals surface area contributed by atoms with Crippen LogP contribution in [0.15, 0.2) is 67.0 Å². The number of methoxy groups -OCH3 is 1. The predicted molar refractivity (Wildman–Crippen MR) is 109 cm³/mol. The van der Waals surface area contributed by atoms with Crippen LogP contribution in [0.5, 0.6) is 0 Å². The van der Waals surface area contributed by atoms with Crippen molar-refractivity contribution in [1.82, 2.24) is 20.8 Å². The smallest absolute Gasteiger partial charge is 0.411 e. The Morgan fingerprint density at radius 1 is 0.966 bits per heavy atom. The lowest BCUT2D eigenvalue weighted by molar-refractivity contribution is 0.0931. The van der Waals surface area contributed by atoms with Gasteiger partial charge in [0.05, 0.1) is 12.7 Å². The predicted octanol–water partition coefficient (Wildman–Crippen LogP) is 2.83. The Kier molecular flexibility index (Phi) is 6.69. The van der Waals surface area contributed by atoms with E-state index >= 15 is 0 Å². The second-order valence-corrected chi connectivity index (χ2v) is 5.91. The fourth-order valence-electron chi connectivity index (χ4n) is 2.38. The van der Waals surface area contributed by atoms with Gasteiger partial charge < -0.3 is 10.1 Å². The molecule has 0 spiro atoms. The minimum atomic E-state index is -0.561. The molecule has 1 aromatic heterocycles. The second-order valence-electron chi connectivity index (χ2n) is 5.91. The number of nitrogens with one attached hydrogen (secondary N) is 4. The molecule has 1 heterocycles. The molecule has 0 aliphatic heterocycles. The second kappa shape index (κ2) is 9.81. The first-order valence-electron chi connectivity index (χ1n) is 8.75. The molecule has 0 unspecified atom stereocenters. The van der Waals surface area contributed by atoms with Gasteiger partial charge in [0, 0.05) is 30.3 Å². The van der Waals surface area contributed by atoms with E-state index in [0.29, 0.717) is 29.4 Å². The van der Waals surface area contributed by atoms with Crippen LogP contribution in [0, 0.1) is 0 Å². The van der Waals surface area contributed by atoms with Crippen LogP contribution >= 0.6 is 0 Å². The number of rotatable bonds is 7. The highest BCUT2D eigenvalue weighted by Crippen LogP contribution is 2.18. The molecule has 2 aromatic carbocycles. The first kappa shape index (κ1) is 19.8. The van der Waals surface area contributed by atoms with E-state index in [1.54, 1.807) is 24.3 Å². The van der Waals surface area contributed by atoms with Crippen molar-refractivity contribution in [2.24, 2.45) is 0 Å². The van der Waals surface area contributed by atoms with E-state index in [2.05, 4.69) is 36.2 Å². The summed E-state index contributed by atoms with van der Waals surface area (Å²) in [4.78, 5) is 31.7. The van der Waals surface area contributed by atoms with Crippen LogP contribution in [-0.4, -0.2) is 29.1 Å². The van der Waals surface area contributed by atoms with Gasteiger partial charge in [-0.2, -0.15) is 0 Å². The van der Waals surface area contributed by atoms with Gasteiger partial charge in [-0.15, -0.1) is 0 Å². The van der Waals surface area contributed by atoms with Gasteiger partial charge in [-0.3, -0.25) is 15.5 Å². The van der Waals surface area contributed by atoms with E-state index < -0.39 is 6.09 Å². The average molecular weight is 392 g/mol. The Bertz CT molecular complexity index is 963. The number of hydrogen-bond acceptors (Lipinski definition) is 7. The first-order valence-corrected chi connectivity index (χ1v) is 8.75. The minimum absolute atomic E-state index is 0.314. The van der Waals surface area contributed by atoms with Gasteiger partial charge in [0.2, 0.25) is 5.95 Å². The van der Waals surface area contributed by atoms with Crippen LogP contribution in [0.3, 0.4) is 0 Å². The van der Waals surface area contributed by atoms with Gasteiger partial charge in [0.1, 0.15) is 0 Å². The standard InChI is InChI=1S/C20H20N6O3/c1-29-20(28)25-17-9-5-8-16(10-17)24-19-21-12-15(13-22-19)18(27)26-23-11-14-6-3-2-4-7-14/h2-10,12-13,23H,11H2,1H3,(H,25,28)(H,26,27)(H,21,22,24). The number of carbonyl (C=O) groups excluding carboxylic acids is 2. The van der Waals surface area contributed by atoms with E-state index in [1.165, 1.54) is 19.5 Å². The Hall–Kier alpha value is -3.98. The molecule has 0 fully saturated rings. The number of amides is 2. The molecule has 0 saturated heterocycles. The van der Waals surface area contributed by atoms with Crippen molar-refractivity contribution in [3.05, 3.63) is 78.1 Å². The number of hydrogen-bond donors (Lipinski definition) is 4. The maximum Gasteiger partial charge on any atom is 0.411 e. The van der Waals surface area contributed by atoms with E-state index in [-0.39, 0.29) is 5.91 Å². The monoisotopic (exact) mass is 392 g/mol. The Morgan fingerprint density at radius 2 is 1.69 bits per heavy atom. The van der Waals surface area contributed by atoms with Gasteiger partial charge >= 0.3 is 6.09 Å². The fraction of sp³-hybridized carbons (Fsp3) is 0.100. The van der Waals surface area contributed by atoms with Crippen LogP contribution in [0.1, 0.15) is 15.9 Å². The van der Waals surface area contributed by atoms with Gasteiger partial charge in [-0.05, 0) is 23.8 Å². The van der Waals surface area contributed by atoms with Crippen molar-refractivity contribution in [2.75, 3.05) is 17.7 Å². The molecule has 0 saturated carbocycles. The molecular formula is C20H20N6O3. The zero-order valence-corrected chi connectivity index (χ0v) is 15.7. The van der Waals surface area contributed by atoms with Crippen molar-refractivity contribution in [1.29, 1.82) is 0 Å². The summed E-state index contributed by atoms with van der Waals surface area (Å²) in [5.74, 6) is -0.0224. The van der Waals surface area contributed by atoms with Crippen molar-refractivity contribution in [2.45, 2.75) is 6.54 Å². The van der Waals surface area contributed by atoms with Crippen molar-refractivity contribution in [3.63, 3.8) is 0 Å². The van der Waals surface area contributed by atoms with Gasteiger partial charge in [0.15, 0.2) is 0 Å². The largest absolute Gasteiger partial charge is 0.453 e. The van der Waals surface area contributed by atoms with E-state index in [0.717, 1.165) is 5.56 Å². The molecule has 0 aliphatic carbocycles. The number of nitrogens with zero attached hydrogens (tertiary/aromatic N) is 2. The van der Waals surface area contributed by atoms with Gasteiger partial charge in [-0.25, -0.2) is 20.2 Å². The summed E-state index contributed by atoms with van der Waals surface area (Å²) in [5.41, 5.74) is 8.06. The Balaban J connectivity index is 1.54. The lowest BCUT2D eigenvalue weighted by atomic mass is 10.2. The number of benzene rings is 2. The third-order valence-corrected chi connectivity index (χ3v) is 3.80. The molecule has 0 atom stereocenters. The minimum Gasteiger partial charge on any atom is -0.453 e. The molecular weight excluding hydrogens is 372 g/mol. The summed E-state index contributed by atoms with van der Waals surface area (Å²) < 4.78 is 4.56. The maximum absolute atomic E-state index is 12.2. The molecule has 2 amide bonds. The SMILES string of the molecule is COC(=O)Nc1cccc(Nc2ncc(C(=O)NNCc3ccccc3)cn2)c1. The summed E-state index contributed by atoms with van der Waals surface area (Å²) in [6.45, 7) is 0.503. The topological polar surface area (TPSA) is 117 Å². The normalized spacial score (nSPS) is 10.1. The summed E-state index contributed by atoms with van der Waals surface area (Å²) in [6.07, 6.45) is 2.28. The zero-order valence-electron chi connectivity index (χ0n) is 15.7. The number of carbonyl (C=O) groups is 2. The highest BCUT2D eigenvalue weighted by atomic mass is 16.5. The highest BCUT2D eigenvalue weighted by molar-refractivity contribution is 5.93. The van der Waals surface area contributed by atoms with E-state index in [9.17, 15) is 9.59 Å². The van der Waals surface area contributed by atoms with Crippen LogP contribution in [-0.2, 0) is 11.3 Å². The number of hydrazine groups is 1. The summed E-state index contributed by atoms with van der Waals surface area (Å²) in [5, 5.41) is 5.58. The van der Waals surface area contributed by atoms with Crippen LogP contribution in [0.4, 0.5) is 22.1 Å². The number of ether oxygens (including phenoxy) is 1. The summed E-state index contributed by atoms with van der Waals surface area (Å²) in [6, 6.07) is 16.7. The molecule has 0 aliphatic rings. The molecule has 148 valence electrons. The quantitative estimate of drug-likeness (QED) is 0.457. The van der Waals surface area contributed by atoms with Crippen LogP contribution in [0.25, 0.3) is 0 Å². The average Bonchev–Trinajstić information content (AvgIpc) is 2.75. The van der Waals surface area contributed by atoms with Gasteiger partial charge in [0.25, 0.3) is 5.91 Å². The fourth-order valence-corrected chi connectivity index (χ4v) is 2.38. The molecule has 4 N–H and O–H groups in total. The maximum atomic E-state index is 12.2. The third kappa shape index (κ3) is 6.01. The number of aromatic nitrogens is 2. The lowest BCUT2D eigenvalue weighted by Gasteiger charge is -2.09. The molecule has 0 bridgehead atoms. The molecule has 29 heavy (non-hydrogen) atoms. The molecule has 3 aromatic rings. The van der Waals surface area contributed by atoms with Crippen molar-refractivity contribution < 1.29 is 14.3 Å². The Morgan fingerprint density at radius 3 is 2.41 bits per heavy atom. The summed E-state index contributed by atoms with van der Waals surface area (Å²) in [7, 11) is 1.29. The molecule has 9 nitrogen and oxygen atoms in total. The van der Waals surface area contributed by atoms with Crippen LogP contribution in [0.2, 0.25) is 0 Å². The number of anilines is 3. The first-order chi connectivity index (χ1) is 14.1. The van der Waals surface area contributed by atoms with Gasteiger partial charge in [-0.1, -0.05) is 36.4 Å². The molecule has 3 rings (SSSR count). The highest BCUT2D eigenvalue weighted by Gasteiger charge is 2.07.